The van der Waals surface area contributed by atoms with Crippen LogP contribution in [0.3, 0.4) is 0 Å². The number of pyridine rings is 1. The van der Waals surface area contributed by atoms with E-state index in [0.717, 1.165) is 12.2 Å². The van der Waals surface area contributed by atoms with Crippen LogP contribution < -0.4 is 22.7 Å². The van der Waals surface area contributed by atoms with Gasteiger partial charge in [0, 0.05) is 23.4 Å². The summed E-state index contributed by atoms with van der Waals surface area (Å²) in [7, 11) is 0. The molecule has 2 N–H and O–H groups in total. The van der Waals surface area contributed by atoms with E-state index in [2.05, 4.69) is 48.1 Å². The predicted octanol–water partition coefficient (Wildman–Crippen LogP) is -1.08. The summed E-state index contributed by atoms with van der Waals surface area (Å²) >= 11 is 0. The van der Waals surface area contributed by atoms with Gasteiger partial charge in [-0.05, 0) is 24.6 Å². The predicted molar refractivity (Wildman–Crippen MR) is 61.3 cm³/mol. The van der Waals surface area contributed by atoms with Gasteiger partial charge in [0.2, 0.25) is 0 Å². The molecule has 0 atom stereocenters. The van der Waals surface area contributed by atoms with Crippen molar-refractivity contribution in [3.8, 4) is 0 Å². The van der Waals surface area contributed by atoms with Crippen LogP contribution >= 0.6 is 0 Å². The lowest BCUT2D eigenvalue weighted by Gasteiger charge is -1.98. The number of anilines is 1. The second kappa shape index (κ2) is 5.52. The molecule has 0 aliphatic heterocycles. The Bertz CT molecular complexity index is 391. The van der Waals surface area contributed by atoms with E-state index in [9.17, 15) is 0 Å². The van der Waals surface area contributed by atoms with Crippen LogP contribution in [0.4, 0.5) is 5.69 Å². The first-order chi connectivity index (χ1) is 7.24. The van der Waals surface area contributed by atoms with Gasteiger partial charge in [-0.1, -0.05) is 12.1 Å². The van der Waals surface area contributed by atoms with Crippen molar-refractivity contribution in [2.45, 2.75) is 13.5 Å². The smallest absolute Gasteiger partial charge is 0.173 e. The van der Waals surface area contributed by atoms with Crippen molar-refractivity contribution in [1.82, 2.24) is 0 Å². The van der Waals surface area contributed by atoms with E-state index in [0.29, 0.717) is 0 Å². The van der Waals surface area contributed by atoms with Gasteiger partial charge in [0.05, 0.1) is 0 Å². The number of nitrogen functional groups attached to an aromatic ring is 1. The minimum absolute atomic E-state index is 0. The van der Waals surface area contributed by atoms with Gasteiger partial charge in [0.25, 0.3) is 0 Å². The molecule has 0 saturated heterocycles. The first kappa shape index (κ1) is 12.5. The zero-order valence-electron chi connectivity index (χ0n) is 9.23. The number of hydrogen-bond donors (Lipinski definition) is 1. The van der Waals surface area contributed by atoms with Crippen LogP contribution in [0.1, 0.15) is 11.1 Å². The van der Waals surface area contributed by atoms with Gasteiger partial charge in [-0.2, -0.15) is 0 Å². The molecule has 0 bridgehead atoms. The molecular formula is C13H15ClN2. The summed E-state index contributed by atoms with van der Waals surface area (Å²) in [6.45, 7) is 2.98. The molecule has 2 aromatic rings. The average Bonchev–Trinajstić information content (AvgIpc) is 2.25. The number of nitrogens with zero attached hydrogens (tertiary/aromatic N) is 1. The van der Waals surface area contributed by atoms with Crippen molar-refractivity contribution >= 4 is 5.69 Å². The third-order valence-electron chi connectivity index (χ3n) is 2.40. The van der Waals surface area contributed by atoms with Crippen molar-refractivity contribution in [1.29, 1.82) is 0 Å². The minimum Gasteiger partial charge on any atom is -1.00 e. The topological polar surface area (TPSA) is 29.9 Å². The lowest BCUT2D eigenvalue weighted by atomic mass is 10.2. The maximum Gasteiger partial charge on any atom is 0.173 e. The van der Waals surface area contributed by atoms with Crippen LogP contribution in [-0.2, 0) is 6.54 Å². The molecule has 1 heterocycles. The fraction of sp³-hybridized carbons (Fsp3) is 0.154. The molecule has 0 saturated carbocycles. The van der Waals surface area contributed by atoms with Crippen molar-refractivity contribution < 1.29 is 17.0 Å². The standard InChI is InChI=1S/C13H15N2.ClH/c1-11-6-8-15(9-7-11)10-12-2-4-13(14)5-3-12;/h2-9H,10,14H2,1H3;1H/q+1;/p-1. The third kappa shape index (κ3) is 3.24. The van der Waals surface area contributed by atoms with Crippen LogP contribution in [0.25, 0.3) is 0 Å². The van der Waals surface area contributed by atoms with Gasteiger partial charge >= 0.3 is 0 Å². The van der Waals surface area contributed by atoms with Crippen LogP contribution in [-0.4, -0.2) is 0 Å². The molecule has 0 amide bonds. The van der Waals surface area contributed by atoms with Gasteiger partial charge in [-0.3, -0.25) is 0 Å². The summed E-state index contributed by atoms with van der Waals surface area (Å²) in [5.41, 5.74) is 8.99. The van der Waals surface area contributed by atoms with Crippen molar-refractivity contribution in [2.75, 3.05) is 5.73 Å². The van der Waals surface area contributed by atoms with E-state index in [4.69, 9.17) is 5.73 Å². The Morgan fingerprint density at radius 2 is 1.56 bits per heavy atom. The van der Waals surface area contributed by atoms with E-state index in [1.54, 1.807) is 0 Å². The number of hydrogen-bond acceptors (Lipinski definition) is 1. The van der Waals surface area contributed by atoms with Crippen LogP contribution in [0.5, 0.6) is 0 Å². The maximum absolute atomic E-state index is 5.63. The lowest BCUT2D eigenvalue weighted by Crippen LogP contribution is -3.00. The van der Waals surface area contributed by atoms with E-state index in [-0.39, 0.29) is 12.4 Å². The van der Waals surface area contributed by atoms with Crippen molar-refractivity contribution in [3.05, 3.63) is 59.9 Å². The van der Waals surface area contributed by atoms with E-state index < -0.39 is 0 Å². The Balaban J connectivity index is 0.00000128. The molecule has 2 nitrogen and oxygen atoms in total. The summed E-state index contributed by atoms with van der Waals surface area (Å²) < 4.78 is 2.15. The Hall–Kier alpha value is -1.54. The van der Waals surface area contributed by atoms with E-state index in [1.165, 1.54) is 11.1 Å². The number of aromatic nitrogens is 1. The van der Waals surface area contributed by atoms with Gasteiger partial charge in [0.15, 0.2) is 18.9 Å². The van der Waals surface area contributed by atoms with Gasteiger partial charge in [0.1, 0.15) is 0 Å². The highest BCUT2D eigenvalue weighted by Crippen LogP contribution is 2.04. The van der Waals surface area contributed by atoms with Gasteiger partial charge < -0.3 is 18.1 Å². The molecule has 2 rings (SSSR count). The molecule has 0 radical (unpaired) electrons. The molecule has 84 valence electrons. The molecule has 1 aromatic carbocycles. The number of rotatable bonds is 2. The number of benzene rings is 1. The highest BCUT2D eigenvalue weighted by atomic mass is 35.5. The van der Waals surface area contributed by atoms with Crippen LogP contribution in [0.15, 0.2) is 48.8 Å². The number of nitrogens with two attached hydrogens (primary N) is 1. The summed E-state index contributed by atoms with van der Waals surface area (Å²) in [6.07, 6.45) is 4.18. The van der Waals surface area contributed by atoms with Gasteiger partial charge in [-0.15, -0.1) is 0 Å². The largest absolute Gasteiger partial charge is 1.00 e. The minimum atomic E-state index is 0. The molecule has 3 heteroatoms. The molecule has 0 fully saturated rings. The van der Waals surface area contributed by atoms with Gasteiger partial charge in [-0.25, -0.2) is 4.57 Å². The van der Waals surface area contributed by atoms with Crippen molar-refractivity contribution in [3.63, 3.8) is 0 Å². The monoisotopic (exact) mass is 234 g/mol. The summed E-state index contributed by atoms with van der Waals surface area (Å²) in [5.74, 6) is 0. The average molecular weight is 235 g/mol. The zero-order chi connectivity index (χ0) is 10.7. The molecular weight excluding hydrogens is 220 g/mol. The second-order valence-corrected chi connectivity index (χ2v) is 3.79. The first-order valence-electron chi connectivity index (χ1n) is 5.04. The first-order valence-corrected chi connectivity index (χ1v) is 5.04. The Labute approximate surface area is 102 Å². The maximum atomic E-state index is 5.63. The zero-order valence-corrected chi connectivity index (χ0v) is 9.98. The third-order valence-corrected chi connectivity index (χ3v) is 2.40. The Morgan fingerprint density at radius 1 is 1.00 bits per heavy atom. The summed E-state index contributed by atoms with van der Waals surface area (Å²) in [4.78, 5) is 0. The Kier molecular flexibility index (Phi) is 4.32. The fourth-order valence-corrected chi connectivity index (χ4v) is 1.47. The van der Waals surface area contributed by atoms with Crippen LogP contribution in [0, 0.1) is 6.92 Å². The highest BCUT2D eigenvalue weighted by Gasteiger charge is 2.01. The molecule has 0 aliphatic carbocycles. The lowest BCUT2D eigenvalue weighted by molar-refractivity contribution is -0.688. The SMILES string of the molecule is Cc1cc[n+](Cc2ccc(N)cc2)cc1.[Cl-]. The van der Waals surface area contributed by atoms with Crippen LogP contribution in [0.2, 0.25) is 0 Å². The van der Waals surface area contributed by atoms with E-state index in [1.807, 2.05) is 12.1 Å². The molecule has 0 aliphatic rings. The van der Waals surface area contributed by atoms with E-state index >= 15 is 0 Å². The fourth-order valence-electron chi connectivity index (χ4n) is 1.47. The van der Waals surface area contributed by atoms with Crippen molar-refractivity contribution in [2.24, 2.45) is 0 Å². The molecule has 0 spiro atoms. The molecule has 16 heavy (non-hydrogen) atoms. The molecule has 1 aromatic heterocycles. The quantitative estimate of drug-likeness (QED) is 0.520. The summed E-state index contributed by atoms with van der Waals surface area (Å²) in [6, 6.07) is 12.2. The highest BCUT2D eigenvalue weighted by molar-refractivity contribution is 5.38. The number of aryl methyl sites for hydroxylation is 1. The Morgan fingerprint density at radius 3 is 2.12 bits per heavy atom. The molecule has 0 unspecified atom stereocenters. The second-order valence-electron chi connectivity index (χ2n) is 3.79. The summed E-state index contributed by atoms with van der Waals surface area (Å²) in [5, 5.41) is 0. The normalized spacial score (nSPS) is 9.56. The number of halogens is 1.